The van der Waals surface area contributed by atoms with Crippen LogP contribution < -0.4 is 0 Å². The summed E-state index contributed by atoms with van der Waals surface area (Å²) in [5.41, 5.74) is -0.347. The van der Waals surface area contributed by atoms with Gasteiger partial charge in [0.25, 0.3) is 0 Å². The summed E-state index contributed by atoms with van der Waals surface area (Å²) in [6.45, 7) is 12.5. The zero-order valence-electron chi connectivity index (χ0n) is 15.3. The van der Waals surface area contributed by atoms with E-state index in [-0.39, 0.29) is 28.6 Å². The van der Waals surface area contributed by atoms with Crippen molar-refractivity contribution < 1.29 is 18.0 Å². The van der Waals surface area contributed by atoms with Crippen LogP contribution in [0.15, 0.2) is 11.4 Å². The summed E-state index contributed by atoms with van der Waals surface area (Å²) in [7, 11) is -5.56. The van der Waals surface area contributed by atoms with E-state index in [0.29, 0.717) is 5.56 Å². The molecule has 0 saturated heterocycles. The molecule has 0 aliphatic heterocycles. The molecule has 0 saturated carbocycles. The minimum atomic E-state index is -3.54. The fourth-order valence-corrected chi connectivity index (χ4v) is 3.72. The Balaban J connectivity index is 3.16. The minimum absolute atomic E-state index is 0.0146. The van der Waals surface area contributed by atoms with Crippen molar-refractivity contribution in [3.05, 3.63) is 16.9 Å². The fraction of sp³-hybridized carbons (Fsp3) is 0.733. The third-order valence-corrected chi connectivity index (χ3v) is 10.2. The molecule has 0 fully saturated rings. The molecular formula is C15H27ClN2O4SSi. The van der Waals surface area contributed by atoms with E-state index in [9.17, 15) is 13.5 Å². The molecule has 138 valence electrons. The number of rotatable bonds is 6. The van der Waals surface area contributed by atoms with Crippen LogP contribution in [0.1, 0.15) is 33.3 Å². The number of nitrogens with zero attached hydrogens (tertiary/aromatic N) is 2. The molecule has 0 radical (unpaired) electrons. The van der Waals surface area contributed by atoms with Crippen molar-refractivity contribution in [2.45, 2.75) is 56.4 Å². The Hall–Kier alpha value is -0.543. The first-order valence-electron chi connectivity index (χ1n) is 7.62. The van der Waals surface area contributed by atoms with Gasteiger partial charge in [-0.15, -0.1) is 0 Å². The molecule has 6 nitrogen and oxygen atoms in total. The van der Waals surface area contributed by atoms with Crippen LogP contribution in [0, 0.1) is 0 Å². The number of aliphatic hydroxyl groups excluding tert-OH is 1. The van der Waals surface area contributed by atoms with Gasteiger partial charge < -0.3 is 9.53 Å². The molecule has 1 heterocycles. The number of aliphatic hydroxyl groups is 1. The molecule has 1 aromatic rings. The molecule has 0 aliphatic rings. The van der Waals surface area contributed by atoms with E-state index in [1.807, 2.05) is 0 Å². The quantitative estimate of drug-likeness (QED) is 0.453. The number of aromatic nitrogens is 2. The highest BCUT2D eigenvalue weighted by Gasteiger charge is 2.40. The van der Waals surface area contributed by atoms with Crippen molar-refractivity contribution in [1.82, 2.24) is 9.97 Å². The van der Waals surface area contributed by atoms with E-state index in [4.69, 9.17) is 16.0 Å². The molecular weight excluding hydrogens is 368 g/mol. The maximum atomic E-state index is 11.5. The lowest BCUT2D eigenvalue weighted by Crippen LogP contribution is -2.45. The van der Waals surface area contributed by atoms with Crippen molar-refractivity contribution in [1.29, 1.82) is 0 Å². The fourth-order valence-electron chi connectivity index (χ4n) is 1.69. The van der Waals surface area contributed by atoms with Gasteiger partial charge in [0.2, 0.25) is 15.0 Å². The summed E-state index contributed by atoms with van der Waals surface area (Å²) in [4.78, 5) is 7.74. The van der Waals surface area contributed by atoms with Gasteiger partial charge in [-0.1, -0.05) is 39.3 Å². The van der Waals surface area contributed by atoms with Gasteiger partial charge in [-0.2, -0.15) is 0 Å². The number of sulfone groups is 1. The van der Waals surface area contributed by atoms with Crippen LogP contribution in [0.4, 0.5) is 0 Å². The molecule has 1 rings (SSSR count). The second-order valence-corrected chi connectivity index (χ2v) is 15.0. The molecule has 9 heteroatoms. The van der Waals surface area contributed by atoms with E-state index in [1.165, 1.54) is 6.20 Å². The van der Waals surface area contributed by atoms with Crippen LogP contribution in [0.25, 0.3) is 0 Å². The van der Waals surface area contributed by atoms with E-state index < -0.39 is 23.6 Å². The lowest BCUT2D eigenvalue weighted by atomic mass is 9.86. The number of hydrogen-bond acceptors (Lipinski definition) is 6. The zero-order chi connectivity index (χ0) is 19.0. The maximum absolute atomic E-state index is 11.5. The van der Waals surface area contributed by atoms with Crippen LogP contribution >= 0.6 is 11.6 Å². The van der Waals surface area contributed by atoms with Crippen LogP contribution in [0.2, 0.25) is 23.3 Å². The Kier molecular flexibility index (Phi) is 6.26. The predicted octanol–water partition coefficient (Wildman–Crippen LogP) is 2.81. The van der Waals surface area contributed by atoms with E-state index in [1.54, 1.807) is 6.92 Å². The van der Waals surface area contributed by atoms with E-state index >= 15 is 0 Å². The molecule has 1 N–H and O–H groups in total. The van der Waals surface area contributed by atoms with Crippen molar-refractivity contribution in [3.63, 3.8) is 0 Å². The van der Waals surface area contributed by atoms with Crippen LogP contribution in [-0.4, -0.2) is 51.3 Å². The third-order valence-electron chi connectivity index (χ3n) is 4.61. The van der Waals surface area contributed by atoms with Crippen molar-refractivity contribution in [3.8, 4) is 0 Å². The Labute approximate surface area is 150 Å². The Morgan fingerprint density at radius 2 is 1.83 bits per heavy atom. The molecule has 24 heavy (non-hydrogen) atoms. The Morgan fingerprint density at radius 3 is 2.21 bits per heavy atom. The topological polar surface area (TPSA) is 89.4 Å². The Morgan fingerprint density at radius 1 is 1.29 bits per heavy atom. The second kappa shape index (κ2) is 6.99. The van der Waals surface area contributed by atoms with E-state index in [2.05, 4.69) is 43.8 Å². The van der Waals surface area contributed by atoms with Gasteiger partial charge in [0.05, 0.1) is 6.61 Å². The summed E-state index contributed by atoms with van der Waals surface area (Å²) >= 11 is 6.17. The highest BCUT2D eigenvalue weighted by molar-refractivity contribution is 7.90. The van der Waals surface area contributed by atoms with Crippen LogP contribution in [-0.2, 0) is 19.7 Å². The Bertz CT molecular complexity index is 704. The first-order chi connectivity index (χ1) is 10.6. The van der Waals surface area contributed by atoms with Gasteiger partial charge in [-0.05, 0) is 18.1 Å². The first kappa shape index (κ1) is 21.5. The smallest absolute Gasteiger partial charge is 0.248 e. The normalized spacial score (nSPS) is 16.0. The van der Waals surface area contributed by atoms with Crippen LogP contribution in [0.3, 0.4) is 0 Å². The van der Waals surface area contributed by atoms with Gasteiger partial charge in [-0.3, -0.25) is 0 Å². The first-order valence-corrected chi connectivity index (χ1v) is 12.8. The largest absolute Gasteiger partial charge is 0.416 e. The SMILES string of the molecule is CC(C)(C)[Si](C)(C)OC[C@@](C)(CO)c1cnc(S(C)(=O)=O)nc1Cl. The molecule has 0 amide bonds. The summed E-state index contributed by atoms with van der Waals surface area (Å²) in [5, 5.41) is 9.61. The highest BCUT2D eigenvalue weighted by atomic mass is 35.5. The summed E-state index contributed by atoms with van der Waals surface area (Å²) in [6.07, 6.45) is 2.38. The molecule has 0 unspecified atom stereocenters. The second-order valence-electron chi connectivity index (χ2n) is 7.90. The molecule has 0 bridgehead atoms. The van der Waals surface area contributed by atoms with Crippen molar-refractivity contribution >= 4 is 29.8 Å². The maximum Gasteiger partial charge on any atom is 0.248 e. The van der Waals surface area contributed by atoms with Gasteiger partial charge in [0, 0.05) is 30.0 Å². The number of hydrogen-bond donors (Lipinski definition) is 1. The predicted molar refractivity (Wildman–Crippen MR) is 97.7 cm³/mol. The minimum Gasteiger partial charge on any atom is -0.416 e. The zero-order valence-corrected chi connectivity index (χ0v) is 17.9. The van der Waals surface area contributed by atoms with Gasteiger partial charge >= 0.3 is 0 Å². The van der Waals surface area contributed by atoms with Gasteiger partial charge in [-0.25, -0.2) is 18.4 Å². The highest BCUT2D eigenvalue weighted by Crippen LogP contribution is 2.38. The standard InChI is InChI=1S/C15H27ClN2O4SSi/c1-14(2,3)24(6,7)22-10-15(4,9-19)11-8-17-13(18-12(11)16)23(5,20)21/h8,19H,9-10H2,1-7H3/t15-/m1/s1. The molecule has 0 aliphatic carbocycles. The summed E-state index contributed by atoms with van der Waals surface area (Å²) in [6, 6.07) is 0. The van der Waals surface area contributed by atoms with Gasteiger partial charge in [0.15, 0.2) is 8.32 Å². The van der Waals surface area contributed by atoms with Crippen LogP contribution in [0.5, 0.6) is 0 Å². The molecule has 0 spiro atoms. The third kappa shape index (κ3) is 4.75. The molecule has 1 aromatic heterocycles. The average Bonchev–Trinajstić information content (AvgIpc) is 2.42. The van der Waals surface area contributed by atoms with Crippen molar-refractivity contribution in [2.24, 2.45) is 0 Å². The molecule has 0 aromatic carbocycles. The lowest BCUT2D eigenvalue weighted by Gasteiger charge is -2.39. The molecule has 1 atom stereocenters. The average molecular weight is 395 g/mol. The monoisotopic (exact) mass is 394 g/mol. The van der Waals surface area contributed by atoms with E-state index in [0.717, 1.165) is 6.26 Å². The number of halogens is 1. The summed E-state index contributed by atoms with van der Waals surface area (Å²) in [5.74, 6) is 0. The van der Waals surface area contributed by atoms with Crippen molar-refractivity contribution in [2.75, 3.05) is 19.5 Å². The van der Waals surface area contributed by atoms with Gasteiger partial charge in [0.1, 0.15) is 5.15 Å². The summed E-state index contributed by atoms with van der Waals surface area (Å²) < 4.78 is 29.3. The lowest BCUT2D eigenvalue weighted by molar-refractivity contribution is 0.133.